The SMILES string of the molecule is CCCCCCCC[SiH]CCC. The minimum atomic E-state index is 0.808. The van der Waals surface area contributed by atoms with Crippen LogP contribution in [-0.4, -0.2) is 9.52 Å². The second kappa shape index (κ2) is 11.2. The molecular weight excluding hydrogens is 160 g/mol. The van der Waals surface area contributed by atoms with Gasteiger partial charge < -0.3 is 0 Å². The maximum absolute atomic E-state index is 2.30. The molecule has 1 radical (unpaired) electrons. The summed E-state index contributed by atoms with van der Waals surface area (Å²) < 4.78 is 0. The van der Waals surface area contributed by atoms with Crippen LogP contribution < -0.4 is 0 Å². The van der Waals surface area contributed by atoms with E-state index in [1.807, 2.05) is 0 Å². The summed E-state index contributed by atoms with van der Waals surface area (Å²) in [7, 11) is 0.808. The van der Waals surface area contributed by atoms with Crippen molar-refractivity contribution in [2.24, 2.45) is 0 Å². The summed E-state index contributed by atoms with van der Waals surface area (Å²) in [6.07, 6.45) is 10.2. The molecule has 0 N–H and O–H groups in total. The Labute approximate surface area is 81.0 Å². The third-order valence-electron chi connectivity index (χ3n) is 2.25. The number of hydrogen-bond acceptors (Lipinski definition) is 0. The Morgan fingerprint density at radius 2 is 1.33 bits per heavy atom. The third kappa shape index (κ3) is 10.2. The van der Waals surface area contributed by atoms with E-state index in [2.05, 4.69) is 13.8 Å². The Kier molecular flexibility index (Phi) is 11.4. The second-order valence-corrected chi connectivity index (χ2v) is 5.37. The largest absolute Gasteiger partial charge is 0.0657 e. The van der Waals surface area contributed by atoms with Crippen molar-refractivity contribution in [3.05, 3.63) is 0 Å². The molecule has 0 aliphatic carbocycles. The van der Waals surface area contributed by atoms with Crippen molar-refractivity contribution in [2.45, 2.75) is 70.9 Å². The summed E-state index contributed by atoms with van der Waals surface area (Å²) in [5.74, 6) is 0. The van der Waals surface area contributed by atoms with Crippen LogP contribution in [0.15, 0.2) is 0 Å². The molecule has 73 valence electrons. The maximum atomic E-state index is 2.30. The van der Waals surface area contributed by atoms with Gasteiger partial charge >= 0.3 is 0 Å². The summed E-state index contributed by atoms with van der Waals surface area (Å²) in [5.41, 5.74) is 0. The van der Waals surface area contributed by atoms with Gasteiger partial charge in [0.15, 0.2) is 0 Å². The van der Waals surface area contributed by atoms with Gasteiger partial charge in [0.25, 0.3) is 0 Å². The molecule has 0 fully saturated rings. The fraction of sp³-hybridized carbons (Fsp3) is 1.00. The standard InChI is InChI=1S/C11H25Si/c1-3-5-6-7-8-9-11-12-10-4-2/h12H,3-11H2,1-2H3. The van der Waals surface area contributed by atoms with E-state index in [0.29, 0.717) is 0 Å². The Morgan fingerprint density at radius 1 is 0.667 bits per heavy atom. The monoisotopic (exact) mass is 185 g/mol. The molecule has 0 saturated carbocycles. The lowest BCUT2D eigenvalue weighted by Gasteiger charge is -1.99. The molecule has 0 heterocycles. The summed E-state index contributed by atoms with van der Waals surface area (Å²) in [6, 6.07) is 3.08. The minimum absolute atomic E-state index is 0.808. The topological polar surface area (TPSA) is 0 Å². The van der Waals surface area contributed by atoms with E-state index >= 15 is 0 Å². The molecular formula is C11H25Si. The Bertz CT molecular complexity index is 61.4. The van der Waals surface area contributed by atoms with Gasteiger partial charge in [0, 0.05) is 9.52 Å². The molecule has 0 aromatic heterocycles. The first kappa shape index (κ1) is 12.2. The van der Waals surface area contributed by atoms with Gasteiger partial charge in [-0.15, -0.1) is 0 Å². The first-order valence-corrected chi connectivity index (χ1v) is 7.36. The smallest absolute Gasteiger partial charge is 0.0280 e. The first-order valence-electron chi connectivity index (χ1n) is 5.73. The molecule has 0 amide bonds. The lowest BCUT2D eigenvalue weighted by Crippen LogP contribution is -1.87. The molecule has 1 heteroatoms. The van der Waals surface area contributed by atoms with Crippen molar-refractivity contribution in [3.63, 3.8) is 0 Å². The molecule has 0 spiro atoms. The van der Waals surface area contributed by atoms with Crippen molar-refractivity contribution in [1.82, 2.24) is 0 Å². The molecule has 0 aliphatic rings. The molecule has 12 heavy (non-hydrogen) atoms. The van der Waals surface area contributed by atoms with E-state index in [4.69, 9.17) is 0 Å². The highest BCUT2D eigenvalue weighted by molar-refractivity contribution is 6.35. The quantitative estimate of drug-likeness (QED) is 0.376. The lowest BCUT2D eigenvalue weighted by molar-refractivity contribution is 0.623. The van der Waals surface area contributed by atoms with E-state index in [0.717, 1.165) is 9.52 Å². The molecule has 0 atom stereocenters. The van der Waals surface area contributed by atoms with E-state index in [1.54, 1.807) is 6.04 Å². The number of hydrogen-bond donors (Lipinski definition) is 0. The summed E-state index contributed by atoms with van der Waals surface area (Å²) in [4.78, 5) is 0. The molecule has 0 unspecified atom stereocenters. The Morgan fingerprint density at radius 3 is 2.00 bits per heavy atom. The van der Waals surface area contributed by atoms with E-state index in [9.17, 15) is 0 Å². The van der Waals surface area contributed by atoms with Crippen molar-refractivity contribution in [2.75, 3.05) is 0 Å². The van der Waals surface area contributed by atoms with Crippen LogP contribution >= 0.6 is 0 Å². The van der Waals surface area contributed by atoms with Gasteiger partial charge in [0.05, 0.1) is 0 Å². The molecule has 0 bridgehead atoms. The van der Waals surface area contributed by atoms with E-state index in [1.165, 1.54) is 51.0 Å². The molecule has 0 aromatic carbocycles. The molecule has 0 saturated heterocycles. The van der Waals surface area contributed by atoms with E-state index < -0.39 is 0 Å². The van der Waals surface area contributed by atoms with Gasteiger partial charge in [-0.05, 0) is 0 Å². The van der Waals surface area contributed by atoms with Crippen molar-refractivity contribution < 1.29 is 0 Å². The number of rotatable bonds is 9. The molecule has 0 aromatic rings. The predicted octanol–water partition coefficient (Wildman–Crippen LogP) is 4.03. The Balaban J connectivity index is 2.73. The highest BCUT2D eigenvalue weighted by Crippen LogP contribution is 2.07. The average molecular weight is 185 g/mol. The van der Waals surface area contributed by atoms with Gasteiger partial charge in [-0.3, -0.25) is 0 Å². The maximum Gasteiger partial charge on any atom is 0.0280 e. The van der Waals surface area contributed by atoms with Crippen molar-refractivity contribution in [3.8, 4) is 0 Å². The van der Waals surface area contributed by atoms with Crippen LogP contribution in [0.4, 0.5) is 0 Å². The summed E-state index contributed by atoms with van der Waals surface area (Å²) in [5, 5.41) is 0. The summed E-state index contributed by atoms with van der Waals surface area (Å²) >= 11 is 0. The highest BCUT2D eigenvalue weighted by atomic mass is 28.2. The van der Waals surface area contributed by atoms with Crippen LogP contribution in [0.1, 0.15) is 58.8 Å². The van der Waals surface area contributed by atoms with Gasteiger partial charge in [-0.25, -0.2) is 0 Å². The van der Waals surface area contributed by atoms with Crippen molar-refractivity contribution >= 4 is 9.52 Å². The zero-order valence-electron chi connectivity index (χ0n) is 8.94. The molecule has 0 rings (SSSR count). The first-order chi connectivity index (χ1) is 5.91. The van der Waals surface area contributed by atoms with Crippen LogP contribution in [0.2, 0.25) is 12.1 Å². The van der Waals surface area contributed by atoms with Crippen LogP contribution in [-0.2, 0) is 0 Å². The van der Waals surface area contributed by atoms with E-state index in [-0.39, 0.29) is 0 Å². The van der Waals surface area contributed by atoms with Gasteiger partial charge in [-0.2, -0.15) is 0 Å². The van der Waals surface area contributed by atoms with Crippen LogP contribution in [0.5, 0.6) is 0 Å². The number of unbranched alkanes of at least 4 members (excludes halogenated alkanes) is 5. The normalized spacial score (nSPS) is 10.5. The van der Waals surface area contributed by atoms with Crippen LogP contribution in [0.3, 0.4) is 0 Å². The fourth-order valence-corrected chi connectivity index (χ4v) is 2.69. The fourth-order valence-electron chi connectivity index (χ4n) is 1.42. The van der Waals surface area contributed by atoms with Gasteiger partial charge in [0.1, 0.15) is 0 Å². The highest BCUT2D eigenvalue weighted by Gasteiger charge is 1.90. The van der Waals surface area contributed by atoms with Gasteiger partial charge in [0.2, 0.25) is 0 Å². The second-order valence-electron chi connectivity index (χ2n) is 3.63. The van der Waals surface area contributed by atoms with Crippen molar-refractivity contribution in [1.29, 1.82) is 0 Å². The Hall–Kier alpha value is 0.217. The average Bonchev–Trinajstić information content (AvgIpc) is 2.10. The molecule has 0 aliphatic heterocycles. The zero-order valence-corrected chi connectivity index (χ0v) is 10.1. The van der Waals surface area contributed by atoms with Crippen LogP contribution in [0, 0.1) is 0 Å². The minimum Gasteiger partial charge on any atom is -0.0657 e. The molecule has 0 nitrogen and oxygen atoms in total. The van der Waals surface area contributed by atoms with Gasteiger partial charge in [-0.1, -0.05) is 70.9 Å². The third-order valence-corrected chi connectivity index (χ3v) is 4.06. The summed E-state index contributed by atoms with van der Waals surface area (Å²) in [6.45, 7) is 4.58. The lowest BCUT2D eigenvalue weighted by atomic mass is 10.1. The zero-order chi connectivity index (χ0) is 9.07. The van der Waals surface area contributed by atoms with Crippen LogP contribution in [0.25, 0.3) is 0 Å². The predicted molar refractivity (Wildman–Crippen MR) is 60.4 cm³/mol.